The van der Waals surface area contributed by atoms with Crippen LogP contribution < -0.4 is 10.6 Å². The molecule has 3 N–H and O–H groups in total. The van der Waals surface area contributed by atoms with Gasteiger partial charge in [0.1, 0.15) is 0 Å². The fourth-order valence-electron chi connectivity index (χ4n) is 2.72. The van der Waals surface area contributed by atoms with Crippen molar-refractivity contribution >= 4 is 6.03 Å². The quantitative estimate of drug-likeness (QED) is 0.807. The minimum atomic E-state index is -0.565. The van der Waals surface area contributed by atoms with Gasteiger partial charge in [0.25, 0.3) is 0 Å². The SMILES string of the molecule is O=C(NCc1ccccc1)N[C@H]1c2ccccc2C[C@H]1O. The molecule has 0 radical (unpaired) electrons. The summed E-state index contributed by atoms with van der Waals surface area (Å²) in [5.74, 6) is 0. The summed E-state index contributed by atoms with van der Waals surface area (Å²) in [6.07, 6.45) is 0.0182. The van der Waals surface area contributed by atoms with E-state index in [1.165, 1.54) is 0 Å². The van der Waals surface area contributed by atoms with E-state index in [0.29, 0.717) is 13.0 Å². The van der Waals surface area contributed by atoms with E-state index in [4.69, 9.17) is 0 Å². The maximum Gasteiger partial charge on any atom is 0.315 e. The van der Waals surface area contributed by atoms with Crippen LogP contribution in [0.25, 0.3) is 0 Å². The highest BCUT2D eigenvalue weighted by Crippen LogP contribution is 2.30. The van der Waals surface area contributed by atoms with Crippen LogP contribution in [0.3, 0.4) is 0 Å². The van der Waals surface area contributed by atoms with Crippen LogP contribution >= 0.6 is 0 Å². The zero-order valence-electron chi connectivity index (χ0n) is 11.6. The molecule has 0 heterocycles. The summed E-state index contributed by atoms with van der Waals surface area (Å²) in [5.41, 5.74) is 3.14. The number of fused-ring (bicyclic) bond motifs is 1. The first kappa shape index (κ1) is 13.6. The number of nitrogens with one attached hydrogen (secondary N) is 2. The van der Waals surface area contributed by atoms with Gasteiger partial charge in [-0.2, -0.15) is 0 Å². The molecule has 2 atom stereocenters. The molecule has 0 spiro atoms. The molecular weight excluding hydrogens is 264 g/mol. The standard InChI is InChI=1S/C17H18N2O2/c20-15-10-13-8-4-5-9-14(13)16(15)19-17(21)18-11-12-6-2-1-3-7-12/h1-9,15-16,20H,10-11H2,(H2,18,19,21)/t15-,16+/m1/s1. The molecule has 4 heteroatoms. The summed E-state index contributed by atoms with van der Waals surface area (Å²) < 4.78 is 0. The van der Waals surface area contributed by atoms with Crippen LogP contribution in [-0.4, -0.2) is 17.2 Å². The third kappa shape index (κ3) is 3.06. The Balaban J connectivity index is 1.60. The lowest BCUT2D eigenvalue weighted by atomic mass is 10.1. The first-order chi connectivity index (χ1) is 10.2. The second kappa shape index (κ2) is 5.97. The highest BCUT2D eigenvalue weighted by atomic mass is 16.3. The number of hydrogen-bond donors (Lipinski definition) is 3. The predicted molar refractivity (Wildman–Crippen MR) is 80.7 cm³/mol. The minimum absolute atomic E-state index is 0.264. The van der Waals surface area contributed by atoms with E-state index in [0.717, 1.165) is 16.7 Å². The van der Waals surface area contributed by atoms with Crippen LogP contribution in [0, 0.1) is 0 Å². The Morgan fingerprint density at radius 2 is 1.81 bits per heavy atom. The molecule has 108 valence electrons. The molecule has 0 fully saturated rings. The number of aliphatic hydroxyl groups excluding tert-OH is 1. The van der Waals surface area contributed by atoms with Gasteiger partial charge in [0, 0.05) is 13.0 Å². The van der Waals surface area contributed by atoms with Crippen LogP contribution in [0.5, 0.6) is 0 Å². The molecule has 4 nitrogen and oxygen atoms in total. The van der Waals surface area contributed by atoms with Crippen molar-refractivity contribution in [2.24, 2.45) is 0 Å². The number of urea groups is 1. The van der Waals surface area contributed by atoms with Gasteiger partial charge in [-0.3, -0.25) is 0 Å². The molecule has 0 unspecified atom stereocenters. The summed E-state index contributed by atoms with van der Waals surface area (Å²) in [6.45, 7) is 0.469. The summed E-state index contributed by atoms with van der Waals surface area (Å²) in [4.78, 5) is 12.0. The van der Waals surface area contributed by atoms with Crippen molar-refractivity contribution in [1.29, 1.82) is 0 Å². The molecule has 2 aromatic carbocycles. The molecule has 2 aromatic rings. The number of benzene rings is 2. The van der Waals surface area contributed by atoms with Gasteiger partial charge in [-0.25, -0.2) is 4.79 Å². The first-order valence-corrected chi connectivity index (χ1v) is 7.08. The van der Waals surface area contributed by atoms with Crippen molar-refractivity contribution in [2.45, 2.75) is 25.1 Å². The minimum Gasteiger partial charge on any atom is -0.390 e. The number of carbonyl (C=O) groups is 1. The molecule has 2 amide bonds. The van der Waals surface area contributed by atoms with Gasteiger partial charge in [0.05, 0.1) is 12.1 Å². The fourth-order valence-corrected chi connectivity index (χ4v) is 2.72. The lowest BCUT2D eigenvalue weighted by molar-refractivity contribution is 0.142. The Kier molecular flexibility index (Phi) is 3.88. The number of amides is 2. The highest BCUT2D eigenvalue weighted by Gasteiger charge is 2.31. The van der Waals surface area contributed by atoms with Crippen molar-refractivity contribution in [3.8, 4) is 0 Å². The van der Waals surface area contributed by atoms with Crippen LogP contribution in [0.15, 0.2) is 54.6 Å². The second-order valence-electron chi connectivity index (χ2n) is 5.26. The van der Waals surface area contributed by atoms with Crippen LogP contribution in [0.1, 0.15) is 22.7 Å². The average molecular weight is 282 g/mol. The smallest absolute Gasteiger partial charge is 0.315 e. The molecule has 0 aliphatic heterocycles. The Labute approximate surface area is 123 Å². The van der Waals surface area contributed by atoms with Gasteiger partial charge in [-0.05, 0) is 16.7 Å². The lowest BCUT2D eigenvalue weighted by Gasteiger charge is -2.18. The topological polar surface area (TPSA) is 61.4 Å². The lowest BCUT2D eigenvalue weighted by Crippen LogP contribution is -2.40. The molecule has 1 aliphatic carbocycles. The number of hydrogen-bond acceptors (Lipinski definition) is 2. The average Bonchev–Trinajstić information content (AvgIpc) is 2.82. The van der Waals surface area contributed by atoms with E-state index >= 15 is 0 Å². The third-order valence-corrected chi connectivity index (χ3v) is 3.79. The number of carbonyl (C=O) groups excluding carboxylic acids is 1. The monoisotopic (exact) mass is 282 g/mol. The summed E-state index contributed by atoms with van der Waals surface area (Å²) in [7, 11) is 0. The zero-order valence-corrected chi connectivity index (χ0v) is 11.6. The zero-order chi connectivity index (χ0) is 14.7. The molecule has 1 aliphatic rings. The van der Waals surface area contributed by atoms with E-state index in [9.17, 15) is 9.90 Å². The fraction of sp³-hybridized carbons (Fsp3) is 0.235. The van der Waals surface area contributed by atoms with Gasteiger partial charge < -0.3 is 15.7 Å². The molecule has 0 saturated carbocycles. The Morgan fingerprint density at radius 3 is 2.62 bits per heavy atom. The molecular formula is C17H18N2O2. The van der Waals surface area contributed by atoms with E-state index in [2.05, 4.69) is 10.6 Å². The van der Waals surface area contributed by atoms with Crippen molar-refractivity contribution in [3.63, 3.8) is 0 Å². The van der Waals surface area contributed by atoms with Crippen molar-refractivity contribution in [3.05, 3.63) is 71.3 Å². The third-order valence-electron chi connectivity index (χ3n) is 3.79. The van der Waals surface area contributed by atoms with Crippen LogP contribution in [0.2, 0.25) is 0 Å². The Hall–Kier alpha value is -2.33. The molecule has 0 bridgehead atoms. The Bertz CT molecular complexity index is 628. The second-order valence-corrected chi connectivity index (χ2v) is 5.26. The van der Waals surface area contributed by atoms with Gasteiger partial charge in [0.15, 0.2) is 0 Å². The maximum absolute atomic E-state index is 12.0. The molecule has 3 rings (SSSR count). The van der Waals surface area contributed by atoms with Crippen molar-refractivity contribution < 1.29 is 9.90 Å². The molecule has 0 aromatic heterocycles. The van der Waals surface area contributed by atoms with Gasteiger partial charge >= 0.3 is 6.03 Å². The summed E-state index contributed by atoms with van der Waals surface area (Å²) in [6, 6.07) is 16.9. The normalized spacial score (nSPS) is 19.9. The Morgan fingerprint density at radius 1 is 1.10 bits per heavy atom. The molecule has 21 heavy (non-hydrogen) atoms. The maximum atomic E-state index is 12.0. The van der Waals surface area contributed by atoms with Crippen LogP contribution in [-0.2, 0) is 13.0 Å². The van der Waals surface area contributed by atoms with E-state index in [1.807, 2.05) is 54.6 Å². The molecule has 0 saturated heterocycles. The van der Waals surface area contributed by atoms with Gasteiger partial charge in [0.2, 0.25) is 0 Å². The van der Waals surface area contributed by atoms with Crippen molar-refractivity contribution in [1.82, 2.24) is 10.6 Å². The largest absolute Gasteiger partial charge is 0.390 e. The van der Waals surface area contributed by atoms with Gasteiger partial charge in [-0.1, -0.05) is 54.6 Å². The van der Waals surface area contributed by atoms with E-state index < -0.39 is 6.10 Å². The first-order valence-electron chi connectivity index (χ1n) is 7.08. The predicted octanol–water partition coefficient (Wildman–Crippen LogP) is 2.14. The van der Waals surface area contributed by atoms with Crippen LogP contribution in [0.4, 0.5) is 4.79 Å². The highest BCUT2D eigenvalue weighted by molar-refractivity contribution is 5.74. The summed E-state index contributed by atoms with van der Waals surface area (Å²) >= 11 is 0. The van der Waals surface area contributed by atoms with Crippen molar-refractivity contribution in [2.75, 3.05) is 0 Å². The number of rotatable bonds is 3. The number of aliphatic hydroxyl groups is 1. The van der Waals surface area contributed by atoms with E-state index in [1.54, 1.807) is 0 Å². The van der Waals surface area contributed by atoms with E-state index in [-0.39, 0.29) is 12.1 Å². The summed E-state index contributed by atoms with van der Waals surface area (Å²) in [5, 5.41) is 15.8. The van der Waals surface area contributed by atoms with Gasteiger partial charge in [-0.15, -0.1) is 0 Å².